The molecule has 0 bridgehead atoms. The molecule has 0 fully saturated rings. The third-order valence-electron chi connectivity index (χ3n) is 2.70. The molecular formula is C12H15BrO3S. The van der Waals surface area contributed by atoms with Gasteiger partial charge in [-0.1, -0.05) is 52.7 Å². The van der Waals surface area contributed by atoms with Gasteiger partial charge in [-0.15, -0.1) is 0 Å². The molecule has 0 radical (unpaired) electrons. The standard InChI is InChI=1S/C12H15BrO3S/c1-4-12(13,17(3,15)16)11(14)10-7-5-9(2)6-8-10/h5-8H,4H2,1-3H3. The lowest BCUT2D eigenvalue weighted by atomic mass is 10.1. The van der Waals surface area contributed by atoms with Crippen LogP contribution >= 0.6 is 15.9 Å². The molecular weight excluding hydrogens is 304 g/mol. The molecule has 94 valence electrons. The predicted molar refractivity (Wildman–Crippen MR) is 72.3 cm³/mol. The van der Waals surface area contributed by atoms with E-state index in [0.29, 0.717) is 5.56 Å². The van der Waals surface area contributed by atoms with Crippen LogP contribution in [0.5, 0.6) is 0 Å². The van der Waals surface area contributed by atoms with Crippen LogP contribution in [0.25, 0.3) is 0 Å². The number of hydrogen-bond donors (Lipinski definition) is 0. The van der Waals surface area contributed by atoms with Crippen molar-refractivity contribution in [2.24, 2.45) is 0 Å². The number of hydrogen-bond acceptors (Lipinski definition) is 3. The number of benzene rings is 1. The molecule has 0 heterocycles. The highest BCUT2D eigenvalue weighted by Gasteiger charge is 2.44. The van der Waals surface area contributed by atoms with E-state index >= 15 is 0 Å². The molecule has 0 amide bonds. The average molecular weight is 319 g/mol. The fraction of sp³-hybridized carbons (Fsp3) is 0.417. The van der Waals surface area contributed by atoms with Crippen LogP contribution < -0.4 is 0 Å². The Morgan fingerprint density at radius 1 is 1.29 bits per heavy atom. The van der Waals surface area contributed by atoms with Gasteiger partial charge in [0.1, 0.15) is 0 Å². The Labute approximate surface area is 110 Å². The van der Waals surface area contributed by atoms with Gasteiger partial charge in [-0.25, -0.2) is 8.42 Å². The molecule has 0 aliphatic heterocycles. The molecule has 1 unspecified atom stereocenters. The lowest BCUT2D eigenvalue weighted by Crippen LogP contribution is -2.39. The fourth-order valence-electron chi connectivity index (χ4n) is 1.51. The second-order valence-electron chi connectivity index (χ2n) is 4.05. The van der Waals surface area contributed by atoms with Crippen molar-refractivity contribution in [3.05, 3.63) is 35.4 Å². The Kier molecular flexibility index (Phi) is 4.15. The maximum atomic E-state index is 12.2. The number of carbonyl (C=O) groups excluding carboxylic acids is 1. The molecule has 0 spiro atoms. The highest BCUT2D eigenvalue weighted by molar-refractivity contribution is 9.12. The molecule has 5 heteroatoms. The first kappa shape index (κ1) is 14.4. The Hall–Kier alpha value is -0.680. The van der Waals surface area contributed by atoms with Crippen molar-refractivity contribution < 1.29 is 13.2 Å². The highest BCUT2D eigenvalue weighted by Crippen LogP contribution is 2.32. The third kappa shape index (κ3) is 2.77. The molecule has 0 aromatic heterocycles. The molecule has 0 saturated heterocycles. The minimum atomic E-state index is -3.50. The number of alkyl halides is 1. The average Bonchev–Trinajstić information content (AvgIpc) is 2.26. The van der Waals surface area contributed by atoms with E-state index in [1.807, 2.05) is 6.92 Å². The maximum absolute atomic E-state index is 12.2. The van der Waals surface area contributed by atoms with E-state index in [2.05, 4.69) is 15.9 Å². The van der Waals surface area contributed by atoms with Gasteiger partial charge in [-0.3, -0.25) is 4.79 Å². The van der Waals surface area contributed by atoms with Crippen molar-refractivity contribution >= 4 is 31.6 Å². The molecule has 1 rings (SSSR count). The number of aryl methyl sites for hydroxylation is 1. The molecule has 0 N–H and O–H groups in total. The number of ketones is 1. The lowest BCUT2D eigenvalue weighted by molar-refractivity contribution is 0.0976. The van der Waals surface area contributed by atoms with E-state index in [4.69, 9.17) is 0 Å². The van der Waals surface area contributed by atoms with Gasteiger partial charge in [0.2, 0.25) is 0 Å². The van der Waals surface area contributed by atoms with E-state index in [1.54, 1.807) is 31.2 Å². The van der Waals surface area contributed by atoms with Crippen LogP contribution in [0, 0.1) is 6.92 Å². The Morgan fingerprint density at radius 2 is 1.76 bits per heavy atom. The SMILES string of the molecule is CCC(Br)(C(=O)c1ccc(C)cc1)S(C)(=O)=O. The first-order chi connectivity index (χ1) is 7.72. The fourth-order valence-corrected chi connectivity index (χ4v) is 2.72. The highest BCUT2D eigenvalue weighted by atomic mass is 79.9. The van der Waals surface area contributed by atoms with Gasteiger partial charge >= 0.3 is 0 Å². The topological polar surface area (TPSA) is 51.2 Å². The summed E-state index contributed by atoms with van der Waals surface area (Å²) in [4.78, 5) is 12.2. The molecule has 0 saturated carbocycles. The van der Waals surface area contributed by atoms with Crippen molar-refractivity contribution in [3.8, 4) is 0 Å². The molecule has 1 aromatic carbocycles. The zero-order valence-electron chi connectivity index (χ0n) is 10.0. The number of sulfone groups is 1. The molecule has 3 nitrogen and oxygen atoms in total. The van der Waals surface area contributed by atoms with Crippen molar-refractivity contribution in [1.82, 2.24) is 0 Å². The Morgan fingerprint density at radius 3 is 2.12 bits per heavy atom. The van der Waals surface area contributed by atoms with Crippen LogP contribution in [0.2, 0.25) is 0 Å². The lowest BCUT2D eigenvalue weighted by Gasteiger charge is -2.22. The van der Waals surface area contributed by atoms with Gasteiger partial charge in [-0.05, 0) is 13.3 Å². The summed E-state index contributed by atoms with van der Waals surface area (Å²) in [6, 6.07) is 6.88. The summed E-state index contributed by atoms with van der Waals surface area (Å²) in [5.74, 6) is -0.414. The van der Waals surface area contributed by atoms with E-state index in [9.17, 15) is 13.2 Å². The quantitative estimate of drug-likeness (QED) is 0.633. The van der Waals surface area contributed by atoms with Crippen LogP contribution in [0.1, 0.15) is 29.3 Å². The first-order valence-electron chi connectivity index (χ1n) is 5.22. The summed E-state index contributed by atoms with van der Waals surface area (Å²) >= 11 is 3.09. The normalized spacial score (nSPS) is 15.3. The first-order valence-corrected chi connectivity index (χ1v) is 7.91. The molecule has 17 heavy (non-hydrogen) atoms. The van der Waals surface area contributed by atoms with Crippen molar-refractivity contribution in [2.75, 3.05) is 6.26 Å². The summed E-state index contributed by atoms with van der Waals surface area (Å²) in [5, 5.41) is 0. The van der Waals surface area contributed by atoms with Crippen molar-refractivity contribution in [3.63, 3.8) is 0 Å². The third-order valence-corrected chi connectivity index (χ3v) is 7.03. The second-order valence-corrected chi connectivity index (χ2v) is 8.17. The van der Waals surface area contributed by atoms with Crippen LogP contribution in [-0.4, -0.2) is 24.1 Å². The largest absolute Gasteiger partial charge is 0.291 e. The maximum Gasteiger partial charge on any atom is 0.194 e. The zero-order valence-corrected chi connectivity index (χ0v) is 12.4. The Balaban J connectivity index is 3.24. The van der Waals surface area contributed by atoms with Crippen LogP contribution in [-0.2, 0) is 9.84 Å². The smallest absolute Gasteiger partial charge is 0.194 e. The summed E-state index contributed by atoms with van der Waals surface area (Å²) in [7, 11) is -3.50. The van der Waals surface area contributed by atoms with Gasteiger partial charge in [0, 0.05) is 11.8 Å². The zero-order chi connectivity index (χ0) is 13.3. The van der Waals surface area contributed by atoms with Crippen LogP contribution in [0.4, 0.5) is 0 Å². The van der Waals surface area contributed by atoms with Crippen LogP contribution in [0.3, 0.4) is 0 Å². The number of Topliss-reactive ketones (excluding diaryl/α,β-unsaturated/α-hetero) is 1. The summed E-state index contributed by atoms with van der Waals surface area (Å²) in [5.41, 5.74) is 1.43. The van der Waals surface area contributed by atoms with Gasteiger partial charge in [0.25, 0.3) is 0 Å². The van der Waals surface area contributed by atoms with E-state index in [0.717, 1.165) is 11.8 Å². The molecule has 1 aromatic rings. The van der Waals surface area contributed by atoms with E-state index in [1.165, 1.54) is 0 Å². The number of halogens is 1. The van der Waals surface area contributed by atoms with Crippen molar-refractivity contribution in [2.45, 2.75) is 23.9 Å². The van der Waals surface area contributed by atoms with Crippen molar-refractivity contribution in [1.29, 1.82) is 0 Å². The molecule has 0 aliphatic carbocycles. The summed E-state index contributed by atoms with van der Waals surface area (Å²) < 4.78 is 21.9. The summed E-state index contributed by atoms with van der Waals surface area (Å²) in [6.45, 7) is 3.58. The monoisotopic (exact) mass is 318 g/mol. The minimum Gasteiger partial charge on any atom is -0.291 e. The summed E-state index contributed by atoms with van der Waals surface area (Å²) in [6.07, 6.45) is 1.26. The minimum absolute atomic E-state index is 0.193. The number of carbonyl (C=O) groups is 1. The second kappa shape index (κ2) is 4.90. The van der Waals surface area contributed by atoms with Crippen LogP contribution in [0.15, 0.2) is 24.3 Å². The van der Waals surface area contributed by atoms with Gasteiger partial charge in [-0.2, -0.15) is 0 Å². The van der Waals surface area contributed by atoms with E-state index < -0.39 is 19.3 Å². The molecule has 1 atom stereocenters. The predicted octanol–water partition coefficient (Wildman–Crippen LogP) is 2.72. The number of rotatable bonds is 4. The van der Waals surface area contributed by atoms with Gasteiger partial charge < -0.3 is 0 Å². The van der Waals surface area contributed by atoms with Gasteiger partial charge in [0.15, 0.2) is 19.3 Å². The van der Waals surface area contributed by atoms with Gasteiger partial charge in [0.05, 0.1) is 0 Å². The van der Waals surface area contributed by atoms with E-state index in [-0.39, 0.29) is 6.42 Å². The Bertz CT molecular complexity index is 519. The molecule has 0 aliphatic rings.